The van der Waals surface area contributed by atoms with Crippen molar-refractivity contribution in [1.82, 2.24) is 14.5 Å². The molecule has 3 heterocycles. The summed E-state index contributed by atoms with van der Waals surface area (Å²) in [5.74, 6) is 0.120. The number of anilines is 1. The predicted octanol–water partition coefficient (Wildman–Crippen LogP) is 5.07. The van der Waals surface area contributed by atoms with Crippen LogP contribution in [0.2, 0.25) is 0 Å². The smallest absolute Gasteiger partial charge is 0.175 e. The number of aromatic nitrogens is 3. The minimum Gasteiger partial charge on any atom is -0.453 e. The maximum atomic E-state index is 14.2. The molecule has 9 heteroatoms. The number of hydrogen-bond acceptors (Lipinski definition) is 7. The van der Waals surface area contributed by atoms with E-state index in [0.29, 0.717) is 31.2 Å². The van der Waals surface area contributed by atoms with E-state index in [1.807, 2.05) is 30.7 Å². The Morgan fingerprint density at radius 1 is 1.10 bits per heavy atom. The van der Waals surface area contributed by atoms with Crippen LogP contribution in [0.5, 0.6) is 11.5 Å². The van der Waals surface area contributed by atoms with E-state index in [1.165, 1.54) is 23.5 Å². The zero-order valence-electron chi connectivity index (χ0n) is 17.2. The van der Waals surface area contributed by atoms with Gasteiger partial charge in [0.1, 0.15) is 5.75 Å². The van der Waals surface area contributed by atoms with Crippen molar-refractivity contribution in [3.05, 3.63) is 54.9 Å². The first kappa shape index (κ1) is 21.2. The van der Waals surface area contributed by atoms with Crippen LogP contribution in [0.4, 0.5) is 10.1 Å². The van der Waals surface area contributed by atoms with Crippen LogP contribution in [0.1, 0.15) is 13.8 Å². The van der Waals surface area contributed by atoms with Crippen LogP contribution >= 0.6 is 11.3 Å². The number of thiophene rings is 1. The van der Waals surface area contributed by atoms with Gasteiger partial charge in [0.05, 0.1) is 33.7 Å². The van der Waals surface area contributed by atoms with Gasteiger partial charge in [-0.05, 0) is 32.0 Å². The molecule has 0 unspecified atom stereocenters. The lowest BCUT2D eigenvalue weighted by atomic mass is 10.3. The van der Waals surface area contributed by atoms with Gasteiger partial charge in [0.2, 0.25) is 0 Å². The Morgan fingerprint density at radius 3 is 2.65 bits per heavy atom. The van der Waals surface area contributed by atoms with Crippen molar-refractivity contribution in [2.45, 2.75) is 26.7 Å². The fourth-order valence-corrected chi connectivity index (χ4v) is 4.15. The molecule has 2 N–H and O–H groups in total. The van der Waals surface area contributed by atoms with E-state index in [1.54, 1.807) is 24.7 Å². The van der Waals surface area contributed by atoms with E-state index in [2.05, 4.69) is 9.97 Å². The number of nitrogens with two attached hydrogens (primary N) is 1. The highest BCUT2D eigenvalue weighted by atomic mass is 32.1. The van der Waals surface area contributed by atoms with Crippen molar-refractivity contribution in [3.8, 4) is 22.1 Å². The molecule has 3 aromatic heterocycles. The number of halogens is 1. The van der Waals surface area contributed by atoms with E-state index in [-0.39, 0.29) is 12.0 Å². The highest BCUT2D eigenvalue weighted by Gasteiger charge is 2.15. The number of fused-ring (bicyclic) bond motifs is 1. The maximum Gasteiger partial charge on any atom is 0.175 e. The molecule has 31 heavy (non-hydrogen) atoms. The van der Waals surface area contributed by atoms with Crippen LogP contribution in [-0.2, 0) is 16.0 Å². The lowest BCUT2D eigenvalue weighted by Crippen LogP contribution is -2.23. The summed E-state index contributed by atoms with van der Waals surface area (Å²) >= 11 is 1.49. The Kier molecular flexibility index (Phi) is 6.45. The molecular formula is C22H23FN4O3S. The molecule has 162 valence electrons. The van der Waals surface area contributed by atoms with Gasteiger partial charge in [0, 0.05) is 43.4 Å². The second-order valence-electron chi connectivity index (χ2n) is 6.72. The molecule has 0 fully saturated rings. The van der Waals surface area contributed by atoms with Crippen molar-refractivity contribution in [2.24, 2.45) is 0 Å². The lowest BCUT2D eigenvalue weighted by Gasteiger charge is -2.16. The number of hydrogen-bond donors (Lipinski definition) is 1. The third-order valence-electron chi connectivity index (χ3n) is 4.50. The molecule has 0 aliphatic heterocycles. The van der Waals surface area contributed by atoms with Crippen molar-refractivity contribution in [3.63, 3.8) is 0 Å². The van der Waals surface area contributed by atoms with Crippen molar-refractivity contribution >= 4 is 27.2 Å². The molecule has 4 rings (SSSR count). The van der Waals surface area contributed by atoms with Gasteiger partial charge in [-0.15, -0.1) is 11.3 Å². The minimum absolute atomic E-state index is 0.110. The van der Waals surface area contributed by atoms with Crippen LogP contribution in [0.3, 0.4) is 0 Å². The van der Waals surface area contributed by atoms with Gasteiger partial charge in [-0.2, -0.15) is 0 Å². The number of ether oxygens (including phenoxy) is 3. The summed E-state index contributed by atoms with van der Waals surface area (Å²) in [7, 11) is 0. The summed E-state index contributed by atoms with van der Waals surface area (Å²) in [6.07, 6.45) is 5.00. The molecule has 0 bridgehead atoms. The van der Waals surface area contributed by atoms with Crippen molar-refractivity contribution in [1.29, 1.82) is 0 Å². The number of benzene rings is 1. The van der Waals surface area contributed by atoms with Gasteiger partial charge in [-0.3, -0.25) is 4.98 Å². The molecule has 1 aromatic carbocycles. The molecule has 0 atom stereocenters. The molecular weight excluding hydrogens is 419 g/mol. The molecule has 4 aromatic rings. The Labute approximate surface area is 183 Å². The third-order valence-corrected chi connectivity index (χ3v) is 5.66. The summed E-state index contributed by atoms with van der Waals surface area (Å²) in [6.45, 7) is 5.57. The van der Waals surface area contributed by atoms with Gasteiger partial charge in [-0.25, -0.2) is 9.37 Å². The lowest BCUT2D eigenvalue weighted by molar-refractivity contribution is -0.143. The third kappa shape index (κ3) is 4.84. The van der Waals surface area contributed by atoms with Gasteiger partial charge < -0.3 is 24.5 Å². The van der Waals surface area contributed by atoms with E-state index < -0.39 is 5.82 Å². The highest BCUT2D eigenvalue weighted by Crippen LogP contribution is 2.39. The summed E-state index contributed by atoms with van der Waals surface area (Å²) in [5.41, 5.74) is 7.52. The van der Waals surface area contributed by atoms with Gasteiger partial charge in [-0.1, -0.05) is 0 Å². The minimum atomic E-state index is -0.515. The Balaban J connectivity index is 1.59. The van der Waals surface area contributed by atoms with E-state index in [4.69, 9.17) is 19.9 Å². The normalized spacial score (nSPS) is 11.5. The monoisotopic (exact) mass is 442 g/mol. The first-order valence-corrected chi connectivity index (χ1v) is 10.8. The van der Waals surface area contributed by atoms with E-state index >= 15 is 0 Å². The Hall–Kier alpha value is -3.01. The van der Waals surface area contributed by atoms with Crippen LogP contribution in [-0.4, -0.2) is 34.0 Å². The SMILES string of the molecule is CCOC(Cn1cnc(-c2cc3nccc(Oc4ccc(N)cc4F)c3s2)c1)OCC. The molecule has 0 spiro atoms. The second-order valence-corrected chi connectivity index (χ2v) is 7.77. The summed E-state index contributed by atoms with van der Waals surface area (Å²) < 4.78 is 33.9. The van der Waals surface area contributed by atoms with Crippen molar-refractivity contribution < 1.29 is 18.6 Å². The number of nitrogen functional groups attached to an aromatic ring is 1. The van der Waals surface area contributed by atoms with Crippen LogP contribution in [0.15, 0.2) is 49.1 Å². The largest absolute Gasteiger partial charge is 0.453 e. The molecule has 0 aliphatic carbocycles. The van der Waals surface area contributed by atoms with Crippen LogP contribution in [0.25, 0.3) is 20.8 Å². The fourth-order valence-electron chi connectivity index (χ4n) is 3.12. The summed E-state index contributed by atoms with van der Waals surface area (Å²) in [4.78, 5) is 9.85. The number of pyridine rings is 1. The highest BCUT2D eigenvalue weighted by molar-refractivity contribution is 7.22. The first-order chi connectivity index (χ1) is 15.1. The standard InChI is InChI=1S/C22H23FN4O3S/c1-3-28-21(29-4-2)12-27-11-17(26-13-27)20-10-16-22(31-20)19(7-8-25-16)30-18-6-5-14(24)9-15(18)23/h5-11,13,21H,3-4,12,24H2,1-2H3. The molecule has 0 radical (unpaired) electrons. The van der Waals surface area contributed by atoms with E-state index in [0.717, 1.165) is 20.8 Å². The molecule has 0 saturated heterocycles. The molecule has 0 amide bonds. The zero-order chi connectivity index (χ0) is 21.8. The van der Waals surface area contributed by atoms with Gasteiger partial charge in [0.25, 0.3) is 0 Å². The van der Waals surface area contributed by atoms with Crippen LogP contribution < -0.4 is 10.5 Å². The number of imidazole rings is 1. The van der Waals surface area contributed by atoms with Gasteiger partial charge >= 0.3 is 0 Å². The summed E-state index contributed by atoms with van der Waals surface area (Å²) in [6, 6.07) is 8.01. The molecule has 0 saturated carbocycles. The average Bonchev–Trinajstić information content (AvgIpc) is 3.38. The predicted molar refractivity (Wildman–Crippen MR) is 119 cm³/mol. The first-order valence-electron chi connectivity index (χ1n) is 9.94. The summed E-state index contributed by atoms with van der Waals surface area (Å²) in [5, 5.41) is 0. The Bertz CT molecular complexity index is 1170. The van der Waals surface area contributed by atoms with Crippen LogP contribution in [0, 0.1) is 5.82 Å². The zero-order valence-corrected chi connectivity index (χ0v) is 18.1. The van der Waals surface area contributed by atoms with Crippen molar-refractivity contribution in [2.75, 3.05) is 18.9 Å². The average molecular weight is 443 g/mol. The number of nitrogens with zero attached hydrogens (tertiary/aromatic N) is 3. The topological polar surface area (TPSA) is 84.4 Å². The second kappa shape index (κ2) is 9.42. The maximum absolute atomic E-state index is 14.2. The van der Waals surface area contributed by atoms with Gasteiger partial charge in [0.15, 0.2) is 17.9 Å². The molecule has 0 aliphatic rings. The fraction of sp³-hybridized carbons (Fsp3) is 0.273. The van der Waals surface area contributed by atoms with E-state index in [9.17, 15) is 4.39 Å². The quantitative estimate of drug-likeness (QED) is 0.288. The Morgan fingerprint density at radius 2 is 1.90 bits per heavy atom. The number of rotatable bonds is 9. The molecule has 7 nitrogen and oxygen atoms in total.